The van der Waals surface area contributed by atoms with E-state index in [0.29, 0.717) is 31.5 Å². The molecule has 0 aliphatic carbocycles. The normalized spacial score (nSPS) is 17.2. The fourth-order valence-corrected chi connectivity index (χ4v) is 3.22. The third-order valence-corrected chi connectivity index (χ3v) is 4.80. The number of amides is 1. The molecule has 0 saturated carbocycles. The van der Waals surface area contributed by atoms with E-state index < -0.39 is 12.7 Å². The molecule has 0 bridgehead atoms. The summed E-state index contributed by atoms with van der Waals surface area (Å²) in [5.74, 6) is -0.0441. The second kappa shape index (κ2) is 7.36. The fourth-order valence-electron chi connectivity index (χ4n) is 3.22. The van der Waals surface area contributed by atoms with Gasteiger partial charge in [-0.3, -0.25) is 9.69 Å². The van der Waals surface area contributed by atoms with E-state index >= 15 is 0 Å². The van der Waals surface area contributed by atoms with Crippen LogP contribution in [-0.4, -0.2) is 54.6 Å². The molecule has 0 spiro atoms. The molecule has 1 aromatic carbocycles. The zero-order chi connectivity index (χ0) is 18.8. The van der Waals surface area contributed by atoms with Crippen molar-refractivity contribution in [3.63, 3.8) is 0 Å². The number of hydrogen-bond donors (Lipinski definition) is 0. The largest absolute Gasteiger partial charge is 0.401 e. The van der Waals surface area contributed by atoms with Crippen molar-refractivity contribution >= 4 is 5.91 Å². The fraction of sp³-hybridized carbons (Fsp3) is 0.632. The quantitative estimate of drug-likeness (QED) is 0.815. The lowest BCUT2D eigenvalue weighted by molar-refractivity contribution is -0.148. The van der Waals surface area contributed by atoms with Crippen LogP contribution in [0.1, 0.15) is 49.5 Å². The second-order valence-corrected chi connectivity index (χ2v) is 7.88. The third kappa shape index (κ3) is 5.46. The van der Waals surface area contributed by atoms with Crippen molar-refractivity contribution in [2.75, 3.05) is 26.7 Å². The first kappa shape index (κ1) is 19.8. The van der Waals surface area contributed by atoms with Gasteiger partial charge in [0.05, 0.1) is 6.54 Å². The third-order valence-electron chi connectivity index (χ3n) is 4.80. The maximum Gasteiger partial charge on any atom is 0.401 e. The number of carbonyl (C=O) groups is 1. The van der Waals surface area contributed by atoms with E-state index in [9.17, 15) is 18.0 Å². The lowest BCUT2D eigenvalue weighted by atomic mass is 9.86. The maximum atomic E-state index is 12.6. The lowest BCUT2D eigenvalue weighted by Gasteiger charge is -2.37. The van der Waals surface area contributed by atoms with E-state index in [4.69, 9.17) is 0 Å². The number of hydrogen-bond acceptors (Lipinski definition) is 2. The van der Waals surface area contributed by atoms with E-state index in [1.165, 1.54) is 11.9 Å². The Labute approximate surface area is 147 Å². The number of halogens is 3. The molecule has 1 saturated heterocycles. The van der Waals surface area contributed by atoms with Crippen molar-refractivity contribution in [3.05, 3.63) is 35.4 Å². The smallest absolute Gasteiger partial charge is 0.339 e. The molecule has 1 amide bonds. The molecule has 0 atom stereocenters. The summed E-state index contributed by atoms with van der Waals surface area (Å²) in [7, 11) is 1.50. The molecule has 1 heterocycles. The summed E-state index contributed by atoms with van der Waals surface area (Å²) >= 11 is 0. The van der Waals surface area contributed by atoms with Crippen molar-refractivity contribution in [2.45, 2.75) is 51.2 Å². The minimum absolute atomic E-state index is 0.0307. The van der Waals surface area contributed by atoms with Gasteiger partial charge in [-0.2, -0.15) is 13.2 Å². The van der Waals surface area contributed by atoms with Gasteiger partial charge in [-0.25, -0.2) is 0 Å². The molecule has 25 heavy (non-hydrogen) atoms. The van der Waals surface area contributed by atoms with E-state index in [1.54, 1.807) is 4.90 Å². The number of benzene rings is 1. The first-order valence-corrected chi connectivity index (χ1v) is 8.64. The monoisotopic (exact) mass is 356 g/mol. The van der Waals surface area contributed by atoms with E-state index in [-0.39, 0.29) is 17.4 Å². The number of nitrogens with zero attached hydrogens (tertiary/aromatic N) is 2. The molecule has 3 nitrogen and oxygen atoms in total. The molecule has 0 radical (unpaired) electrons. The molecule has 140 valence electrons. The molecule has 1 aliphatic rings. The highest BCUT2D eigenvalue weighted by Crippen LogP contribution is 2.24. The molecule has 1 aromatic rings. The van der Waals surface area contributed by atoms with Gasteiger partial charge in [-0.05, 0) is 43.0 Å². The van der Waals surface area contributed by atoms with Crippen LogP contribution in [0.3, 0.4) is 0 Å². The van der Waals surface area contributed by atoms with Crippen molar-refractivity contribution in [1.82, 2.24) is 9.80 Å². The maximum absolute atomic E-state index is 12.6. The SMILES string of the molecule is CN(CC(F)(F)F)C1CCN(C(=O)c2ccc(C(C)(C)C)cc2)CC1. The van der Waals surface area contributed by atoms with Crippen LogP contribution in [0.4, 0.5) is 13.2 Å². The van der Waals surface area contributed by atoms with E-state index in [1.807, 2.05) is 24.3 Å². The molecular formula is C19H27F3N2O. The second-order valence-electron chi connectivity index (χ2n) is 7.88. The van der Waals surface area contributed by atoms with Gasteiger partial charge in [0.1, 0.15) is 0 Å². The first-order chi connectivity index (χ1) is 11.5. The van der Waals surface area contributed by atoms with Gasteiger partial charge in [-0.1, -0.05) is 32.9 Å². The Morgan fingerprint density at radius 2 is 1.64 bits per heavy atom. The van der Waals surface area contributed by atoms with Gasteiger partial charge >= 0.3 is 6.18 Å². The summed E-state index contributed by atoms with van der Waals surface area (Å²) in [5, 5.41) is 0. The number of likely N-dealkylation sites (tertiary alicyclic amines) is 1. The molecule has 0 aromatic heterocycles. The summed E-state index contributed by atoms with van der Waals surface area (Å²) < 4.78 is 37.5. The topological polar surface area (TPSA) is 23.6 Å². The van der Waals surface area contributed by atoms with Crippen LogP contribution in [-0.2, 0) is 5.41 Å². The summed E-state index contributed by atoms with van der Waals surface area (Å²) in [4.78, 5) is 15.7. The van der Waals surface area contributed by atoms with Gasteiger partial charge in [0.25, 0.3) is 5.91 Å². The van der Waals surface area contributed by atoms with Crippen LogP contribution < -0.4 is 0 Å². The average molecular weight is 356 g/mol. The van der Waals surface area contributed by atoms with Gasteiger partial charge < -0.3 is 4.90 Å². The summed E-state index contributed by atoms with van der Waals surface area (Å²) in [6, 6.07) is 7.48. The van der Waals surface area contributed by atoms with Crippen LogP contribution in [0.5, 0.6) is 0 Å². The molecule has 0 N–H and O–H groups in total. The lowest BCUT2D eigenvalue weighted by Crippen LogP contribution is -2.47. The Morgan fingerprint density at radius 3 is 2.08 bits per heavy atom. The molecule has 6 heteroatoms. The zero-order valence-corrected chi connectivity index (χ0v) is 15.4. The zero-order valence-electron chi connectivity index (χ0n) is 15.4. The molecule has 1 fully saturated rings. The van der Waals surface area contributed by atoms with Gasteiger partial charge in [0.15, 0.2) is 0 Å². The first-order valence-electron chi connectivity index (χ1n) is 8.64. The predicted molar refractivity (Wildman–Crippen MR) is 92.8 cm³/mol. The molecular weight excluding hydrogens is 329 g/mol. The Hall–Kier alpha value is -1.56. The minimum atomic E-state index is -4.18. The number of alkyl halides is 3. The highest BCUT2D eigenvalue weighted by Gasteiger charge is 2.34. The van der Waals surface area contributed by atoms with E-state index in [2.05, 4.69) is 20.8 Å². The van der Waals surface area contributed by atoms with Crippen LogP contribution in [0.2, 0.25) is 0 Å². The van der Waals surface area contributed by atoms with Crippen LogP contribution in [0.25, 0.3) is 0 Å². The summed E-state index contributed by atoms with van der Waals surface area (Å²) in [6.07, 6.45) is -3.05. The molecule has 2 rings (SSSR count). The standard InChI is InChI=1S/C19H27F3N2O/c1-18(2,3)15-7-5-14(6-8-15)17(25)24-11-9-16(10-12-24)23(4)13-19(20,21)22/h5-8,16H,9-13H2,1-4H3. The molecule has 1 aliphatic heterocycles. The number of piperidine rings is 1. The van der Waals surface area contributed by atoms with Crippen LogP contribution in [0.15, 0.2) is 24.3 Å². The van der Waals surface area contributed by atoms with Crippen LogP contribution in [0, 0.1) is 0 Å². The van der Waals surface area contributed by atoms with Gasteiger partial charge in [-0.15, -0.1) is 0 Å². The number of rotatable bonds is 3. The Bertz CT molecular complexity index is 582. The van der Waals surface area contributed by atoms with Crippen molar-refractivity contribution in [3.8, 4) is 0 Å². The highest BCUT2D eigenvalue weighted by molar-refractivity contribution is 5.94. The number of carbonyl (C=O) groups excluding carboxylic acids is 1. The average Bonchev–Trinajstić information content (AvgIpc) is 2.52. The van der Waals surface area contributed by atoms with Gasteiger partial charge in [0.2, 0.25) is 0 Å². The summed E-state index contributed by atoms with van der Waals surface area (Å²) in [5.41, 5.74) is 1.83. The molecule has 0 unspecified atom stereocenters. The summed E-state index contributed by atoms with van der Waals surface area (Å²) in [6.45, 7) is 6.43. The van der Waals surface area contributed by atoms with Crippen molar-refractivity contribution in [2.24, 2.45) is 0 Å². The Morgan fingerprint density at radius 1 is 1.12 bits per heavy atom. The Balaban J connectivity index is 1.93. The Kier molecular flexibility index (Phi) is 5.82. The van der Waals surface area contributed by atoms with Crippen molar-refractivity contribution < 1.29 is 18.0 Å². The van der Waals surface area contributed by atoms with Crippen molar-refractivity contribution in [1.29, 1.82) is 0 Å². The van der Waals surface area contributed by atoms with Crippen LogP contribution >= 0.6 is 0 Å². The highest BCUT2D eigenvalue weighted by atomic mass is 19.4. The van der Waals surface area contributed by atoms with Gasteiger partial charge in [0, 0.05) is 24.7 Å². The predicted octanol–water partition coefficient (Wildman–Crippen LogP) is 4.08. The minimum Gasteiger partial charge on any atom is -0.339 e. The van der Waals surface area contributed by atoms with E-state index in [0.717, 1.165) is 5.56 Å².